The summed E-state index contributed by atoms with van der Waals surface area (Å²) in [6.45, 7) is -0.0290. The number of carbonyl (C=O) groups is 2. The number of aliphatic carboxylic acids is 2. The third-order valence-electron chi connectivity index (χ3n) is 2.11. The van der Waals surface area contributed by atoms with Crippen molar-refractivity contribution in [3.8, 4) is 0 Å². The van der Waals surface area contributed by atoms with Crippen molar-refractivity contribution in [2.24, 2.45) is 5.73 Å². The summed E-state index contributed by atoms with van der Waals surface area (Å²) in [6.07, 6.45) is -1.62. The fourth-order valence-corrected chi connectivity index (χ4v) is 1.21. The molecular formula is C11H16N2O5. The molecule has 0 spiro atoms. The smallest absolute Gasteiger partial charge is 0.334 e. The molecule has 0 saturated carbocycles. The number of rotatable bonds is 6. The Morgan fingerprint density at radius 3 is 2.33 bits per heavy atom. The van der Waals surface area contributed by atoms with Gasteiger partial charge in [0.2, 0.25) is 0 Å². The lowest BCUT2D eigenvalue weighted by Crippen LogP contribution is -2.53. The standard InChI is InChI=1S/C11H13NO5.H3N/c12-8(10(13)14)9(11(15)16)17-6-7-4-2-1-3-5-7;/h1-5,8-9H,6,12H2,(H,13,14)(H,15,16);1H3/t8-,9-;/m1./s1. The molecule has 0 unspecified atom stereocenters. The number of benzene rings is 1. The number of ether oxygens (including phenoxy) is 1. The molecule has 0 aromatic heterocycles. The van der Waals surface area contributed by atoms with Gasteiger partial charge in [-0.05, 0) is 5.56 Å². The lowest BCUT2D eigenvalue weighted by atomic mass is 10.1. The number of hydrogen-bond acceptors (Lipinski definition) is 5. The van der Waals surface area contributed by atoms with E-state index < -0.39 is 24.1 Å². The van der Waals surface area contributed by atoms with Crippen molar-refractivity contribution in [3.63, 3.8) is 0 Å². The summed E-state index contributed by atoms with van der Waals surface area (Å²) in [5, 5.41) is 19.3. The van der Waals surface area contributed by atoms with Crippen LogP contribution in [-0.4, -0.2) is 29.2 Å². The minimum absolute atomic E-state index is 0. The third kappa shape index (κ3) is 4.50. The second-order valence-corrected chi connectivity index (χ2v) is 3.40. The summed E-state index contributed by atoms with van der Waals surface area (Å²) in [7, 11) is 0. The van der Waals surface area contributed by atoms with Crippen LogP contribution in [0.2, 0.25) is 0 Å². The van der Waals surface area contributed by atoms with Gasteiger partial charge in [-0.15, -0.1) is 0 Å². The van der Waals surface area contributed by atoms with E-state index in [1.807, 2.05) is 0 Å². The Labute approximate surface area is 104 Å². The molecule has 7 N–H and O–H groups in total. The first kappa shape index (κ1) is 16.0. The van der Waals surface area contributed by atoms with Crippen molar-refractivity contribution in [1.82, 2.24) is 6.15 Å². The van der Waals surface area contributed by atoms with Crippen molar-refractivity contribution < 1.29 is 24.5 Å². The fourth-order valence-electron chi connectivity index (χ4n) is 1.21. The van der Waals surface area contributed by atoms with E-state index >= 15 is 0 Å². The first-order valence-electron chi connectivity index (χ1n) is 4.87. The molecule has 2 atom stereocenters. The summed E-state index contributed by atoms with van der Waals surface area (Å²) in [5.74, 6) is -3.09. The predicted molar refractivity (Wildman–Crippen MR) is 61.6 cm³/mol. The van der Waals surface area contributed by atoms with E-state index in [4.69, 9.17) is 15.6 Å². The Morgan fingerprint density at radius 1 is 1.33 bits per heavy atom. The first-order chi connectivity index (χ1) is 8.02. The van der Waals surface area contributed by atoms with Crippen LogP contribution in [0.5, 0.6) is 0 Å². The zero-order valence-electron chi connectivity index (χ0n) is 9.91. The Kier molecular flexibility index (Phi) is 6.58. The van der Waals surface area contributed by atoms with Crippen LogP contribution in [0.15, 0.2) is 30.3 Å². The van der Waals surface area contributed by atoms with Gasteiger partial charge in [0, 0.05) is 0 Å². The largest absolute Gasteiger partial charge is 0.548 e. The molecular weight excluding hydrogens is 240 g/mol. The molecule has 100 valence electrons. The maximum absolute atomic E-state index is 10.8. The van der Waals surface area contributed by atoms with Gasteiger partial charge in [0.15, 0.2) is 6.10 Å². The number of carboxylic acid groups (broad SMARTS) is 2. The number of hydrogen-bond donors (Lipinski definition) is 3. The molecule has 18 heavy (non-hydrogen) atoms. The van der Waals surface area contributed by atoms with Crippen LogP contribution in [0.4, 0.5) is 0 Å². The van der Waals surface area contributed by atoms with Gasteiger partial charge in [0.25, 0.3) is 0 Å². The molecule has 1 aromatic rings. The van der Waals surface area contributed by atoms with E-state index in [0.29, 0.717) is 0 Å². The van der Waals surface area contributed by atoms with Crippen LogP contribution in [0.1, 0.15) is 5.56 Å². The van der Waals surface area contributed by atoms with Crippen molar-refractivity contribution >= 4 is 11.9 Å². The van der Waals surface area contributed by atoms with Gasteiger partial charge in [-0.1, -0.05) is 30.3 Å². The Bertz CT molecular complexity index is 396. The third-order valence-corrected chi connectivity index (χ3v) is 2.11. The normalized spacial score (nSPS) is 13.2. The van der Waals surface area contributed by atoms with Crippen LogP contribution < -0.4 is 17.0 Å². The molecule has 0 aliphatic rings. The summed E-state index contributed by atoms with van der Waals surface area (Å²) < 4.78 is 4.97. The Morgan fingerprint density at radius 2 is 1.89 bits per heavy atom. The van der Waals surface area contributed by atoms with Crippen LogP contribution in [0.3, 0.4) is 0 Å². The maximum Gasteiger partial charge on any atom is 0.334 e. The van der Waals surface area contributed by atoms with Gasteiger partial charge in [-0.3, -0.25) is 0 Å². The van der Waals surface area contributed by atoms with E-state index in [1.54, 1.807) is 30.3 Å². The van der Waals surface area contributed by atoms with Crippen molar-refractivity contribution in [2.75, 3.05) is 0 Å². The van der Waals surface area contributed by atoms with Crippen LogP contribution in [0, 0.1) is 0 Å². The lowest BCUT2D eigenvalue weighted by molar-refractivity contribution is -0.310. The van der Waals surface area contributed by atoms with Crippen LogP contribution in [0.25, 0.3) is 0 Å². The topological polar surface area (TPSA) is 149 Å². The molecule has 7 nitrogen and oxygen atoms in total. The zero-order chi connectivity index (χ0) is 12.8. The molecule has 0 fully saturated rings. The summed E-state index contributed by atoms with van der Waals surface area (Å²) in [5.41, 5.74) is 5.88. The highest BCUT2D eigenvalue weighted by Crippen LogP contribution is 2.05. The van der Waals surface area contributed by atoms with Crippen molar-refractivity contribution in [1.29, 1.82) is 0 Å². The number of carboxylic acids is 2. The fraction of sp³-hybridized carbons (Fsp3) is 0.273. The Hall–Kier alpha value is -1.96. The quantitative estimate of drug-likeness (QED) is 0.600. The monoisotopic (exact) mass is 256 g/mol. The molecule has 0 aliphatic carbocycles. The van der Waals surface area contributed by atoms with Crippen molar-refractivity contribution in [2.45, 2.75) is 18.8 Å². The van der Waals surface area contributed by atoms with Crippen LogP contribution >= 0.6 is 0 Å². The average molecular weight is 256 g/mol. The zero-order valence-corrected chi connectivity index (χ0v) is 9.91. The van der Waals surface area contributed by atoms with E-state index in [1.165, 1.54) is 0 Å². The molecule has 1 aromatic carbocycles. The van der Waals surface area contributed by atoms with Crippen LogP contribution in [-0.2, 0) is 20.9 Å². The van der Waals surface area contributed by atoms with E-state index in [2.05, 4.69) is 0 Å². The highest BCUT2D eigenvalue weighted by molar-refractivity contribution is 5.83. The number of quaternary nitrogens is 1. The predicted octanol–water partition coefficient (Wildman–Crippen LogP) is -0.890. The molecule has 0 bridgehead atoms. The molecule has 0 saturated heterocycles. The maximum atomic E-state index is 10.8. The van der Waals surface area contributed by atoms with Crippen molar-refractivity contribution in [3.05, 3.63) is 35.9 Å². The van der Waals surface area contributed by atoms with E-state index in [0.717, 1.165) is 5.56 Å². The van der Waals surface area contributed by atoms with Gasteiger partial charge >= 0.3 is 5.97 Å². The van der Waals surface area contributed by atoms with Gasteiger partial charge in [0.1, 0.15) is 0 Å². The highest BCUT2D eigenvalue weighted by Gasteiger charge is 2.26. The van der Waals surface area contributed by atoms with Gasteiger partial charge in [-0.25, -0.2) is 4.79 Å². The minimum Gasteiger partial charge on any atom is -0.548 e. The van der Waals surface area contributed by atoms with Gasteiger partial charge in [0.05, 0.1) is 18.6 Å². The average Bonchev–Trinajstić information content (AvgIpc) is 2.29. The molecule has 0 heterocycles. The number of carbonyl (C=O) groups excluding carboxylic acids is 1. The Balaban J connectivity index is 0.00000289. The SMILES string of the molecule is N[C@@H](C(=O)[O-])[C@@H](OCc1ccccc1)C(=O)O.[NH4+]. The number of nitrogens with two attached hydrogens (primary N) is 1. The molecule has 7 heteroatoms. The second kappa shape index (κ2) is 7.38. The second-order valence-electron chi connectivity index (χ2n) is 3.40. The molecule has 1 rings (SSSR count). The molecule has 0 radical (unpaired) electrons. The molecule has 0 aliphatic heterocycles. The van der Waals surface area contributed by atoms with Gasteiger partial charge < -0.3 is 31.6 Å². The summed E-state index contributed by atoms with van der Waals surface area (Å²) >= 11 is 0. The lowest BCUT2D eigenvalue weighted by Gasteiger charge is -2.21. The minimum atomic E-state index is -1.70. The van der Waals surface area contributed by atoms with Gasteiger partial charge in [-0.2, -0.15) is 0 Å². The van der Waals surface area contributed by atoms with E-state index in [-0.39, 0.29) is 12.8 Å². The molecule has 0 amide bonds. The summed E-state index contributed by atoms with van der Waals surface area (Å²) in [6, 6.07) is 7.06. The van der Waals surface area contributed by atoms with E-state index in [9.17, 15) is 14.7 Å². The first-order valence-corrected chi connectivity index (χ1v) is 4.87. The summed E-state index contributed by atoms with van der Waals surface area (Å²) in [4.78, 5) is 21.2. The highest BCUT2D eigenvalue weighted by atomic mass is 16.5.